The molecule has 0 saturated carbocycles. The van der Waals surface area contributed by atoms with Crippen molar-refractivity contribution in [1.29, 1.82) is 5.26 Å². The van der Waals surface area contributed by atoms with E-state index < -0.39 is 0 Å². The molecule has 0 spiro atoms. The van der Waals surface area contributed by atoms with Gasteiger partial charge in [-0.15, -0.1) is 12.6 Å². The summed E-state index contributed by atoms with van der Waals surface area (Å²) in [6, 6.07) is 2.82. The van der Waals surface area contributed by atoms with E-state index in [-0.39, 0.29) is 18.4 Å². The lowest BCUT2D eigenvalue weighted by Gasteiger charge is -2.42. The van der Waals surface area contributed by atoms with E-state index in [9.17, 15) is 10.1 Å². The van der Waals surface area contributed by atoms with Crippen molar-refractivity contribution in [3.8, 4) is 12.1 Å². The van der Waals surface area contributed by atoms with E-state index in [1.807, 2.05) is 0 Å². The fraction of sp³-hybridized carbons (Fsp3) is 0.581. The monoisotopic (exact) mass is 577 g/mol. The quantitative estimate of drug-likeness (QED) is 0.349. The maximum Gasteiger partial charge on any atom is 0.318 e. The first-order valence-corrected chi connectivity index (χ1v) is 15.1. The van der Waals surface area contributed by atoms with E-state index >= 15 is 0 Å². The van der Waals surface area contributed by atoms with Gasteiger partial charge in [0.2, 0.25) is 5.91 Å². The number of likely N-dealkylation sites (N-methyl/N-ethyl adjacent to an activating group) is 1. The fourth-order valence-corrected chi connectivity index (χ4v) is 6.92. The number of allylic oxidation sites excluding steroid dienone is 3. The number of thiol groups is 1. The Morgan fingerprint density at radius 1 is 1.27 bits per heavy atom. The minimum Gasteiger partial charge on any atom is -0.501 e. The molecule has 3 heterocycles. The van der Waals surface area contributed by atoms with Crippen molar-refractivity contribution in [3.63, 3.8) is 0 Å². The number of amides is 1. The normalized spacial score (nSPS) is 24.9. The van der Waals surface area contributed by atoms with Crippen LogP contribution < -0.4 is 9.64 Å². The zero-order valence-electron chi connectivity index (χ0n) is 24.2. The number of piperazine rings is 1. The van der Waals surface area contributed by atoms with E-state index in [1.165, 1.54) is 18.1 Å². The number of nitrogens with zero attached hydrogens (tertiary/aromatic N) is 6. The predicted molar refractivity (Wildman–Crippen MR) is 161 cm³/mol. The number of likely N-dealkylation sites (tertiary alicyclic amines) is 1. The highest BCUT2D eigenvalue weighted by atomic mass is 32.1. The molecule has 9 nitrogen and oxygen atoms in total. The first-order chi connectivity index (χ1) is 19.9. The third kappa shape index (κ3) is 6.57. The van der Waals surface area contributed by atoms with Crippen LogP contribution in [-0.4, -0.2) is 84.7 Å². The van der Waals surface area contributed by atoms with Crippen LogP contribution in [0.25, 0.3) is 0 Å². The van der Waals surface area contributed by atoms with E-state index in [2.05, 4.69) is 42.0 Å². The summed E-state index contributed by atoms with van der Waals surface area (Å²) in [6.45, 7) is 6.98. The van der Waals surface area contributed by atoms with Crippen LogP contribution in [0.1, 0.15) is 49.8 Å². The molecule has 2 unspecified atom stereocenters. The Balaban J connectivity index is 1.41. The largest absolute Gasteiger partial charge is 0.501 e. The fourth-order valence-electron chi connectivity index (χ4n) is 6.60. The van der Waals surface area contributed by atoms with Crippen molar-refractivity contribution in [2.75, 3.05) is 51.8 Å². The Morgan fingerprint density at radius 2 is 2.12 bits per heavy atom. The van der Waals surface area contributed by atoms with Gasteiger partial charge in [0.25, 0.3) is 0 Å². The molecule has 3 atom stereocenters. The van der Waals surface area contributed by atoms with E-state index in [0.29, 0.717) is 44.2 Å². The maximum absolute atomic E-state index is 12.5. The lowest BCUT2D eigenvalue weighted by Crippen LogP contribution is -2.55. The van der Waals surface area contributed by atoms with Crippen LogP contribution in [-0.2, 0) is 22.4 Å². The SMILES string of the molecule is C=CC(=O)N1CCN(c2nc(OCC3CCCN3C)nc3c2CC[C@@H](CC2=C(OC)C[CH]C=C2S)C3)CC1CC#N. The second kappa shape index (κ2) is 13.3. The van der Waals surface area contributed by atoms with Crippen LogP contribution in [0, 0.1) is 23.7 Å². The molecule has 1 aromatic rings. The van der Waals surface area contributed by atoms with Gasteiger partial charge in [0.05, 0.1) is 31.3 Å². The third-order valence-electron chi connectivity index (χ3n) is 8.94. The number of ether oxygens (including phenoxy) is 2. The van der Waals surface area contributed by atoms with Crippen LogP contribution in [0.3, 0.4) is 0 Å². The number of fused-ring (bicyclic) bond motifs is 1. The number of aromatic nitrogens is 2. The minimum absolute atomic E-state index is 0.134. The molecule has 0 bridgehead atoms. The Hall–Kier alpha value is -3.03. The highest BCUT2D eigenvalue weighted by Crippen LogP contribution is 2.39. The summed E-state index contributed by atoms with van der Waals surface area (Å²) < 4.78 is 12.0. The number of nitriles is 1. The van der Waals surface area contributed by atoms with Crippen molar-refractivity contribution in [2.45, 2.75) is 63.5 Å². The van der Waals surface area contributed by atoms with Crippen LogP contribution in [0.4, 0.5) is 5.82 Å². The van der Waals surface area contributed by atoms with Gasteiger partial charge in [-0.3, -0.25) is 4.79 Å². The number of hydrogen-bond donors (Lipinski definition) is 1. The Kier molecular flexibility index (Phi) is 9.56. The minimum atomic E-state index is -0.221. The summed E-state index contributed by atoms with van der Waals surface area (Å²) in [4.78, 5) is 29.7. The highest BCUT2D eigenvalue weighted by Gasteiger charge is 2.34. The summed E-state index contributed by atoms with van der Waals surface area (Å²) in [7, 11) is 3.87. The van der Waals surface area contributed by atoms with Crippen molar-refractivity contribution < 1.29 is 14.3 Å². The highest BCUT2D eigenvalue weighted by molar-refractivity contribution is 7.84. The second-order valence-corrected chi connectivity index (χ2v) is 11.9. The van der Waals surface area contributed by atoms with E-state index in [1.54, 1.807) is 12.0 Å². The van der Waals surface area contributed by atoms with Gasteiger partial charge in [-0.2, -0.15) is 15.2 Å². The third-order valence-corrected chi connectivity index (χ3v) is 9.36. The molecule has 2 aliphatic heterocycles. The summed E-state index contributed by atoms with van der Waals surface area (Å²) >= 11 is 4.74. The lowest BCUT2D eigenvalue weighted by molar-refractivity contribution is -0.128. The molecule has 0 N–H and O–H groups in total. The lowest BCUT2D eigenvalue weighted by atomic mass is 9.81. The summed E-state index contributed by atoms with van der Waals surface area (Å²) in [5.74, 6) is 2.15. The van der Waals surface area contributed by atoms with Gasteiger partial charge in [-0.1, -0.05) is 12.7 Å². The molecular weight excluding hydrogens is 536 g/mol. The maximum atomic E-state index is 12.5. The van der Waals surface area contributed by atoms with Crippen LogP contribution in [0.15, 0.2) is 35.0 Å². The van der Waals surface area contributed by atoms with Gasteiger partial charge in [0, 0.05) is 48.1 Å². The Labute approximate surface area is 249 Å². The molecular formula is C31H41N6O3S. The second-order valence-electron chi connectivity index (χ2n) is 11.5. The average Bonchev–Trinajstić information content (AvgIpc) is 3.40. The van der Waals surface area contributed by atoms with Crippen molar-refractivity contribution in [2.24, 2.45) is 5.92 Å². The predicted octanol–water partition coefficient (Wildman–Crippen LogP) is 3.88. The number of rotatable bonds is 9. The van der Waals surface area contributed by atoms with Crippen LogP contribution >= 0.6 is 12.6 Å². The number of carbonyl (C=O) groups excluding carboxylic acids is 1. The molecule has 41 heavy (non-hydrogen) atoms. The molecule has 2 aliphatic carbocycles. The summed E-state index contributed by atoms with van der Waals surface area (Å²) in [5.41, 5.74) is 3.38. The van der Waals surface area contributed by atoms with Gasteiger partial charge in [0.15, 0.2) is 0 Å². The standard InChI is InChI=1S/C31H41N6O3S/c1-4-29(38)37-16-15-36(19-22(37)12-13-32)30-24-11-10-21(17-25-27(39-3)8-5-9-28(25)41)18-26(24)33-31(34-30)40-20-23-7-6-14-35(23)2/h4-5,9,21-23,41H,1,6-8,10-12,14-20H2,2-3H3/t21-,22?,23?/m0/s1. The molecule has 219 valence electrons. The summed E-state index contributed by atoms with van der Waals surface area (Å²) in [5, 5.41) is 9.49. The smallest absolute Gasteiger partial charge is 0.318 e. The van der Waals surface area contributed by atoms with Gasteiger partial charge in [-0.05, 0) is 70.5 Å². The zero-order valence-corrected chi connectivity index (χ0v) is 25.1. The van der Waals surface area contributed by atoms with Crippen molar-refractivity contribution >= 4 is 24.4 Å². The van der Waals surface area contributed by atoms with Gasteiger partial charge < -0.3 is 24.2 Å². The Bertz CT molecular complexity index is 1260. The van der Waals surface area contributed by atoms with Crippen LogP contribution in [0.5, 0.6) is 6.01 Å². The average molecular weight is 578 g/mol. The number of anilines is 1. The molecule has 10 heteroatoms. The number of hydrogen-bond acceptors (Lipinski definition) is 9. The first-order valence-electron chi connectivity index (χ1n) is 14.7. The van der Waals surface area contributed by atoms with Crippen LogP contribution in [0.2, 0.25) is 0 Å². The molecule has 2 fully saturated rings. The molecule has 4 aliphatic rings. The molecule has 1 radical (unpaired) electrons. The Morgan fingerprint density at radius 3 is 2.85 bits per heavy atom. The zero-order chi connectivity index (χ0) is 28.9. The first kappa shape index (κ1) is 29.5. The molecule has 0 aromatic carbocycles. The molecule has 1 amide bonds. The topological polar surface area (TPSA) is 94.8 Å². The van der Waals surface area contributed by atoms with E-state index in [4.69, 9.17) is 32.1 Å². The number of carbonyl (C=O) groups is 1. The van der Waals surface area contributed by atoms with Crippen molar-refractivity contribution in [3.05, 3.63) is 52.6 Å². The molecule has 5 rings (SSSR count). The summed E-state index contributed by atoms with van der Waals surface area (Å²) in [6.07, 6.45) is 12.4. The van der Waals surface area contributed by atoms with Gasteiger partial charge >= 0.3 is 6.01 Å². The van der Waals surface area contributed by atoms with Gasteiger partial charge in [-0.25, -0.2) is 0 Å². The van der Waals surface area contributed by atoms with Crippen molar-refractivity contribution in [1.82, 2.24) is 19.8 Å². The van der Waals surface area contributed by atoms with E-state index in [0.717, 1.165) is 72.8 Å². The molecule has 1 aromatic heterocycles. The van der Waals surface area contributed by atoms with Gasteiger partial charge in [0.1, 0.15) is 18.2 Å². The number of methoxy groups -OCH3 is 1. The molecule has 2 saturated heterocycles.